The van der Waals surface area contributed by atoms with Gasteiger partial charge in [0.15, 0.2) is 5.96 Å². The summed E-state index contributed by atoms with van der Waals surface area (Å²) in [6.45, 7) is 8.99. The average Bonchev–Trinajstić information content (AvgIpc) is 2.37. The van der Waals surface area contributed by atoms with Crippen LogP contribution in [0.2, 0.25) is 0 Å². The molecule has 2 N–H and O–H groups in total. The fourth-order valence-electron chi connectivity index (χ4n) is 1.50. The summed E-state index contributed by atoms with van der Waals surface area (Å²) in [4.78, 5) is 15.4. The van der Waals surface area contributed by atoms with Gasteiger partial charge in [-0.1, -0.05) is 13.8 Å². The molecule has 6 heteroatoms. The van der Waals surface area contributed by atoms with Crippen molar-refractivity contribution in [2.75, 3.05) is 26.7 Å². The molecule has 0 amide bonds. The molecule has 0 atom stereocenters. The zero-order valence-corrected chi connectivity index (χ0v) is 15.5. The van der Waals surface area contributed by atoms with E-state index in [4.69, 9.17) is 0 Å². The molecule has 0 rings (SSSR count). The van der Waals surface area contributed by atoms with Gasteiger partial charge < -0.3 is 15.4 Å². The summed E-state index contributed by atoms with van der Waals surface area (Å²) in [5.41, 5.74) is 0. The van der Waals surface area contributed by atoms with Crippen molar-refractivity contribution in [2.45, 2.75) is 46.5 Å². The minimum Gasteiger partial charge on any atom is -0.469 e. The molecule has 0 radical (unpaired) electrons. The number of ether oxygens (including phenoxy) is 1. The standard InChI is InChI=1S/C14H29N3O2.HI/c1-5-15-14(17-11-9-12(2)3)16-10-7-6-8-13(18)19-4;/h12H,5-11H2,1-4H3,(H2,15,16,17);1H. The van der Waals surface area contributed by atoms with E-state index in [0.29, 0.717) is 12.3 Å². The number of nitrogens with zero attached hydrogens (tertiary/aromatic N) is 1. The lowest BCUT2D eigenvalue weighted by molar-refractivity contribution is -0.140. The Morgan fingerprint density at radius 2 is 1.95 bits per heavy atom. The van der Waals surface area contributed by atoms with Gasteiger partial charge >= 0.3 is 5.97 Å². The average molecular weight is 399 g/mol. The van der Waals surface area contributed by atoms with Gasteiger partial charge in [0.25, 0.3) is 0 Å². The Hall–Kier alpha value is -0.530. The predicted octanol–water partition coefficient (Wildman–Crippen LogP) is 2.55. The van der Waals surface area contributed by atoms with Gasteiger partial charge in [0, 0.05) is 26.1 Å². The summed E-state index contributed by atoms with van der Waals surface area (Å²) in [6.07, 6.45) is 3.33. The summed E-state index contributed by atoms with van der Waals surface area (Å²) in [7, 11) is 1.42. The van der Waals surface area contributed by atoms with E-state index in [-0.39, 0.29) is 29.9 Å². The van der Waals surface area contributed by atoms with Gasteiger partial charge in [0.05, 0.1) is 7.11 Å². The number of rotatable bonds is 9. The molecule has 0 unspecified atom stereocenters. The van der Waals surface area contributed by atoms with E-state index in [9.17, 15) is 4.79 Å². The fraction of sp³-hybridized carbons (Fsp3) is 0.857. The van der Waals surface area contributed by atoms with Gasteiger partial charge in [-0.25, -0.2) is 0 Å². The SMILES string of the molecule is CCNC(=NCCCCC(=O)OC)NCCC(C)C.I. The summed E-state index contributed by atoms with van der Waals surface area (Å²) in [5, 5.41) is 6.52. The van der Waals surface area contributed by atoms with Crippen molar-refractivity contribution >= 4 is 35.9 Å². The fourth-order valence-corrected chi connectivity index (χ4v) is 1.50. The number of esters is 1. The Labute approximate surface area is 140 Å². The third-order valence-corrected chi connectivity index (χ3v) is 2.64. The van der Waals surface area contributed by atoms with Crippen LogP contribution >= 0.6 is 24.0 Å². The van der Waals surface area contributed by atoms with Crippen LogP contribution in [0.1, 0.15) is 46.5 Å². The van der Waals surface area contributed by atoms with Crippen LogP contribution in [-0.2, 0) is 9.53 Å². The first-order chi connectivity index (χ1) is 9.10. The normalized spacial score (nSPS) is 10.9. The smallest absolute Gasteiger partial charge is 0.305 e. The topological polar surface area (TPSA) is 62.7 Å². The highest BCUT2D eigenvalue weighted by Crippen LogP contribution is 1.98. The molecule has 0 spiro atoms. The molecule has 0 aromatic heterocycles. The van der Waals surface area contributed by atoms with Crippen LogP contribution in [0.25, 0.3) is 0 Å². The second kappa shape index (κ2) is 14.9. The van der Waals surface area contributed by atoms with Crippen molar-refractivity contribution in [3.05, 3.63) is 0 Å². The van der Waals surface area contributed by atoms with Crippen molar-refractivity contribution in [2.24, 2.45) is 10.9 Å². The van der Waals surface area contributed by atoms with Gasteiger partial charge in [-0.05, 0) is 32.1 Å². The Balaban J connectivity index is 0. The van der Waals surface area contributed by atoms with Crippen LogP contribution < -0.4 is 10.6 Å². The van der Waals surface area contributed by atoms with Crippen molar-refractivity contribution in [3.8, 4) is 0 Å². The van der Waals surface area contributed by atoms with Crippen molar-refractivity contribution in [1.82, 2.24) is 10.6 Å². The number of methoxy groups -OCH3 is 1. The summed E-state index contributed by atoms with van der Waals surface area (Å²) >= 11 is 0. The van der Waals surface area contributed by atoms with Gasteiger partial charge in [-0.15, -0.1) is 24.0 Å². The molecule has 0 fully saturated rings. The van der Waals surface area contributed by atoms with Crippen LogP contribution in [0.5, 0.6) is 0 Å². The van der Waals surface area contributed by atoms with Crippen LogP contribution in [-0.4, -0.2) is 38.7 Å². The van der Waals surface area contributed by atoms with Crippen molar-refractivity contribution < 1.29 is 9.53 Å². The van der Waals surface area contributed by atoms with Gasteiger partial charge in [0.1, 0.15) is 0 Å². The minimum absolute atomic E-state index is 0. The molecule has 5 nitrogen and oxygen atoms in total. The molecular formula is C14H30IN3O2. The van der Waals surface area contributed by atoms with Crippen LogP contribution in [0, 0.1) is 5.92 Å². The number of nitrogens with one attached hydrogen (secondary N) is 2. The molecule has 0 aromatic carbocycles. The quantitative estimate of drug-likeness (QED) is 0.206. The van der Waals surface area contributed by atoms with E-state index in [1.807, 2.05) is 0 Å². The third-order valence-electron chi connectivity index (χ3n) is 2.64. The van der Waals surface area contributed by atoms with E-state index in [0.717, 1.165) is 44.9 Å². The number of unbranched alkanes of at least 4 members (excludes halogenated alkanes) is 1. The lowest BCUT2D eigenvalue weighted by Crippen LogP contribution is -2.38. The first-order valence-corrected chi connectivity index (χ1v) is 7.19. The zero-order valence-electron chi connectivity index (χ0n) is 13.2. The van der Waals surface area contributed by atoms with Gasteiger partial charge in [0.2, 0.25) is 0 Å². The Kier molecular flexibility index (Phi) is 16.2. The molecule has 0 aliphatic carbocycles. The number of hydrogen-bond acceptors (Lipinski definition) is 3. The van der Waals surface area contributed by atoms with Crippen LogP contribution in [0.4, 0.5) is 0 Å². The number of carbonyl (C=O) groups is 1. The Morgan fingerprint density at radius 1 is 1.25 bits per heavy atom. The maximum absolute atomic E-state index is 10.9. The number of hydrogen-bond donors (Lipinski definition) is 2. The number of halogens is 1. The molecule has 0 aromatic rings. The van der Waals surface area contributed by atoms with Crippen molar-refractivity contribution in [1.29, 1.82) is 0 Å². The second-order valence-corrected chi connectivity index (χ2v) is 4.90. The predicted molar refractivity (Wildman–Crippen MR) is 94.7 cm³/mol. The molecule has 0 saturated heterocycles. The zero-order chi connectivity index (χ0) is 14.5. The van der Waals surface area contributed by atoms with E-state index in [2.05, 4.69) is 41.1 Å². The molecule has 120 valence electrons. The summed E-state index contributed by atoms with van der Waals surface area (Å²) in [5.74, 6) is 1.41. The second-order valence-electron chi connectivity index (χ2n) is 4.90. The largest absolute Gasteiger partial charge is 0.469 e. The Morgan fingerprint density at radius 3 is 2.50 bits per heavy atom. The van der Waals surface area contributed by atoms with E-state index < -0.39 is 0 Å². The van der Waals surface area contributed by atoms with E-state index in [1.54, 1.807) is 0 Å². The first-order valence-electron chi connectivity index (χ1n) is 7.19. The summed E-state index contributed by atoms with van der Waals surface area (Å²) in [6, 6.07) is 0. The Bertz CT molecular complexity index is 271. The number of carbonyl (C=O) groups excluding carboxylic acids is 1. The van der Waals surface area contributed by atoms with Gasteiger partial charge in [-0.3, -0.25) is 9.79 Å². The first kappa shape index (κ1) is 21.8. The summed E-state index contributed by atoms with van der Waals surface area (Å²) < 4.78 is 4.59. The van der Waals surface area contributed by atoms with E-state index >= 15 is 0 Å². The lowest BCUT2D eigenvalue weighted by atomic mass is 10.1. The van der Waals surface area contributed by atoms with Crippen LogP contribution in [0.3, 0.4) is 0 Å². The molecule has 0 saturated carbocycles. The minimum atomic E-state index is -0.147. The third kappa shape index (κ3) is 13.9. The molecule has 0 heterocycles. The molecule has 0 aliphatic heterocycles. The molecule has 0 bridgehead atoms. The highest BCUT2D eigenvalue weighted by atomic mass is 127. The number of guanidine groups is 1. The number of aliphatic imine (C=N–C) groups is 1. The van der Waals surface area contributed by atoms with Gasteiger partial charge in [-0.2, -0.15) is 0 Å². The molecule has 0 aliphatic rings. The maximum Gasteiger partial charge on any atom is 0.305 e. The van der Waals surface area contributed by atoms with Crippen LogP contribution in [0.15, 0.2) is 4.99 Å². The van der Waals surface area contributed by atoms with E-state index in [1.165, 1.54) is 7.11 Å². The molecule has 20 heavy (non-hydrogen) atoms. The maximum atomic E-state index is 10.9. The highest BCUT2D eigenvalue weighted by Gasteiger charge is 2.00. The lowest BCUT2D eigenvalue weighted by Gasteiger charge is -2.12. The highest BCUT2D eigenvalue weighted by molar-refractivity contribution is 14.0. The monoisotopic (exact) mass is 399 g/mol. The van der Waals surface area contributed by atoms with Crippen molar-refractivity contribution in [3.63, 3.8) is 0 Å². The molecular weight excluding hydrogens is 369 g/mol.